The van der Waals surface area contributed by atoms with Crippen LogP contribution in [0.5, 0.6) is 0 Å². The molecule has 1 saturated carbocycles. The van der Waals surface area contributed by atoms with Crippen molar-refractivity contribution in [2.45, 2.75) is 39.0 Å². The van der Waals surface area contributed by atoms with E-state index in [9.17, 15) is 9.59 Å². The molecular weight excluding hydrogens is 232 g/mol. The van der Waals surface area contributed by atoms with Crippen LogP contribution in [-0.4, -0.2) is 26.2 Å². The first-order valence-corrected chi connectivity index (χ1v) is 6.37. The van der Waals surface area contributed by atoms with Crippen LogP contribution in [0.25, 0.3) is 0 Å². The molecule has 1 aliphatic carbocycles. The lowest BCUT2D eigenvalue weighted by molar-refractivity contribution is -0.159. The molecule has 0 spiro atoms. The molecule has 0 aromatic carbocycles. The fourth-order valence-corrected chi connectivity index (χ4v) is 2.62. The first-order valence-electron chi connectivity index (χ1n) is 6.37. The van der Waals surface area contributed by atoms with Crippen LogP contribution in [0, 0.1) is 11.3 Å². The molecule has 0 heterocycles. The van der Waals surface area contributed by atoms with E-state index in [-0.39, 0.29) is 17.9 Å². The van der Waals surface area contributed by atoms with Gasteiger partial charge in [-0.05, 0) is 39.0 Å². The van der Waals surface area contributed by atoms with Gasteiger partial charge in [0.2, 0.25) is 0 Å². The molecule has 0 aliphatic heterocycles. The number of methoxy groups -OCH3 is 2. The zero-order chi connectivity index (χ0) is 13.6. The summed E-state index contributed by atoms with van der Waals surface area (Å²) in [5, 5.41) is 0. The predicted octanol–water partition coefficient (Wildman–Crippen LogP) is 2.48. The summed E-state index contributed by atoms with van der Waals surface area (Å²) in [5.41, 5.74) is -0.453. The third kappa shape index (κ3) is 3.12. The molecule has 102 valence electrons. The van der Waals surface area contributed by atoms with Crippen molar-refractivity contribution in [3.8, 4) is 0 Å². The van der Waals surface area contributed by atoms with Gasteiger partial charge in [0.25, 0.3) is 0 Å². The fraction of sp³-hybridized carbons (Fsp3) is 0.714. The second kappa shape index (κ2) is 6.57. The van der Waals surface area contributed by atoms with E-state index < -0.39 is 5.41 Å². The normalized spacial score (nSPS) is 28.1. The van der Waals surface area contributed by atoms with Crippen LogP contribution < -0.4 is 0 Å². The van der Waals surface area contributed by atoms with Crippen molar-refractivity contribution < 1.29 is 19.1 Å². The maximum atomic E-state index is 12.0. The van der Waals surface area contributed by atoms with Gasteiger partial charge < -0.3 is 9.47 Å². The van der Waals surface area contributed by atoms with Gasteiger partial charge >= 0.3 is 11.9 Å². The van der Waals surface area contributed by atoms with E-state index in [1.54, 1.807) is 0 Å². The molecule has 0 bridgehead atoms. The van der Waals surface area contributed by atoms with Gasteiger partial charge in [-0.1, -0.05) is 12.2 Å². The van der Waals surface area contributed by atoms with Crippen molar-refractivity contribution in [2.75, 3.05) is 14.2 Å². The summed E-state index contributed by atoms with van der Waals surface area (Å²) in [6.45, 7) is 1.94. The topological polar surface area (TPSA) is 52.6 Å². The molecule has 0 radical (unpaired) electrons. The Kier molecular flexibility index (Phi) is 5.38. The lowest BCUT2D eigenvalue weighted by atomic mass is 9.68. The highest BCUT2D eigenvalue weighted by Gasteiger charge is 2.43. The highest BCUT2D eigenvalue weighted by atomic mass is 16.5. The molecule has 0 aromatic rings. The Morgan fingerprint density at radius 3 is 2.28 bits per heavy atom. The molecule has 0 unspecified atom stereocenters. The highest BCUT2D eigenvalue weighted by Crippen LogP contribution is 2.43. The summed E-state index contributed by atoms with van der Waals surface area (Å²) >= 11 is 0. The lowest BCUT2D eigenvalue weighted by Crippen LogP contribution is -2.37. The first kappa shape index (κ1) is 14.7. The molecule has 0 amide bonds. The molecule has 0 saturated heterocycles. The average molecular weight is 254 g/mol. The third-order valence-electron chi connectivity index (χ3n) is 3.84. The number of hydrogen-bond donors (Lipinski definition) is 0. The fourth-order valence-electron chi connectivity index (χ4n) is 2.62. The van der Waals surface area contributed by atoms with Crippen LogP contribution in [0.2, 0.25) is 0 Å². The van der Waals surface area contributed by atoms with Crippen LogP contribution in [0.15, 0.2) is 12.2 Å². The number of carbonyl (C=O) groups is 2. The van der Waals surface area contributed by atoms with Crippen LogP contribution in [0.3, 0.4) is 0 Å². The Hall–Kier alpha value is -1.32. The van der Waals surface area contributed by atoms with Gasteiger partial charge in [-0.2, -0.15) is 0 Å². The third-order valence-corrected chi connectivity index (χ3v) is 3.84. The van der Waals surface area contributed by atoms with Crippen molar-refractivity contribution in [3.63, 3.8) is 0 Å². The highest BCUT2D eigenvalue weighted by molar-refractivity contribution is 5.78. The smallest absolute Gasteiger partial charge is 0.312 e. The maximum absolute atomic E-state index is 12.0. The number of ether oxygens (including phenoxy) is 2. The largest absolute Gasteiger partial charge is 0.469 e. The SMILES string of the molecule is C/C=C\CC1(C(=O)OC)CCC(C(=O)OC)CC1. The zero-order valence-corrected chi connectivity index (χ0v) is 11.4. The minimum Gasteiger partial charge on any atom is -0.469 e. The van der Waals surface area contributed by atoms with E-state index in [0.717, 1.165) is 0 Å². The van der Waals surface area contributed by atoms with Crippen LogP contribution in [0.4, 0.5) is 0 Å². The Morgan fingerprint density at radius 1 is 1.22 bits per heavy atom. The van der Waals surface area contributed by atoms with Crippen LogP contribution in [0.1, 0.15) is 39.0 Å². The molecule has 4 nitrogen and oxygen atoms in total. The summed E-state index contributed by atoms with van der Waals surface area (Å²) in [7, 11) is 2.83. The number of rotatable bonds is 4. The molecule has 0 atom stereocenters. The maximum Gasteiger partial charge on any atom is 0.312 e. The molecular formula is C14H22O4. The quantitative estimate of drug-likeness (QED) is 0.571. The van der Waals surface area contributed by atoms with Crippen LogP contribution in [-0.2, 0) is 19.1 Å². The van der Waals surface area contributed by atoms with E-state index in [2.05, 4.69) is 0 Å². The minimum absolute atomic E-state index is 0.0709. The molecule has 0 N–H and O–H groups in total. The van der Waals surface area contributed by atoms with Crippen molar-refractivity contribution in [1.82, 2.24) is 0 Å². The second-order valence-corrected chi connectivity index (χ2v) is 4.84. The van der Waals surface area contributed by atoms with Crippen LogP contribution >= 0.6 is 0 Å². The first-order chi connectivity index (χ1) is 8.59. The summed E-state index contributed by atoms with van der Waals surface area (Å²) < 4.78 is 9.68. The standard InChI is InChI=1S/C14H22O4/c1-4-5-8-14(13(16)18-3)9-6-11(7-10-14)12(15)17-2/h4-5,11H,6-10H2,1-3H3/b5-4-. The number of carbonyl (C=O) groups excluding carboxylic acids is 2. The van der Waals surface area contributed by atoms with E-state index in [1.807, 2.05) is 19.1 Å². The van der Waals surface area contributed by atoms with E-state index in [0.29, 0.717) is 32.1 Å². The van der Waals surface area contributed by atoms with Gasteiger partial charge in [0.1, 0.15) is 0 Å². The van der Waals surface area contributed by atoms with E-state index >= 15 is 0 Å². The molecule has 1 fully saturated rings. The number of allylic oxidation sites excluding steroid dienone is 2. The lowest BCUT2D eigenvalue weighted by Gasteiger charge is -2.36. The summed E-state index contributed by atoms with van der Waals surface area (Å²) in [6, 6.07) is 0. The van der Waals surface area contributed by atoms with Gasteiger partial charge in [-0.25, -0.2) is 0 Å². The van der Waals surface area contributed by atoms with Gasteiger partial charge in [0.05, 0.1) is 25.6 Å². The number of esters is 2. The van der Waals surface area contributed by atoms with E-state index in [4.69, 9.17) is 9.47 Å². The molecule has 4 heteroatoms. The molecule has 0 aromatic heterocycles. The summed E-state index contributed by atoms with van der Waals surface area (Å²) in [6.07, 6.45) is 7.38. The second-order valence-electron chi connectivity index (χ2n) is 4.84. The Bertz CT molecular complexity index is 325. The average Bonchev–Trinajstić information content (AvgIpc) is 2.43. The van der Waals surface area contributed by atoms with E-state index in [1.165, 1.54) is 14.2 Å². The number of hydrogen-bond acceptors (Lipinski definition) is 4. The molecule has 1 aliphatic rings. The minimum atomic E-state index is -0.453. The van der Waals surface area contributed by atoms with Crippen molar-refractivity contribution in [3.05, 3.63) is 12.2 Å². The Labute approximate surface area is 108 Å². The zero-order valence-electron chi connectivity index (χ0n) is 11.4. The molecule has 1 rings (SSSR count). The van der Waals surface area contributed by atoms with Gasteiger partial charge in [0, 0.05) is 0 Å². The van der Waals surface area contributed by atoms with Crippen molar-refractivity contribution in [1.29, 1.82) is 0 Å². The monoisotopic (exact) mass is 254 g/mol. The summed E-state index contributed by atoms with van der Waals surface area (Å²) in [5.74, 6) is -0.401. The van der Waals surface area contributed by atoms with Crippen molar-refractivity contribution >= 4 is 11.9 Å². The Balaban J connectivity index is 2.73. The van der Waals surface area contributed by atoms with Gasteiger partial charge in [-0.15, -0.1) is 0 Å². The van der Waals surface area contributed by atoms with Gasteiger partial charge in [-0.3, -0.25) is 9.59 Å². The van der Waals surface area contributed by atoms with Crippen molar-refractivity contribution in [2.24, 2.45) is 11.3 Å². The van der Waals surface area contributed by atoms with Gasteiger partial charge in [0.15, 0.2) is 0 Å². The molecule has 18 heavy (non-hydrogen) atoms. The summed E-state index contributed by atoms with van der Waals surface area (Å²) in [4.78, 5) is 23.4. The predicted molar refractivity (Wildman–Crippen MR) is 67.9 cm³/mol. The Morgan fingerprint density at radius 2 is 1.83 bits per heavy atom.